The van der Waals surface area contributed by atoms with Crippen LogP contribution in [0.3, 0.4) is 0 Å². The molecule has 1 heterocycles. The van der Waals surface area contributed by atoms with Crippen molar-refractivity contribution in [2.24, 2.45) is 0 Å². The van der Waals surface area contributed by atoms with E-state index in [1.165, 1.54) is 6.20 Å². The van der Waals surface area contributed by atoms with Gasteiger partial charge in [-0.25, -0.2) is 18.1 Å². The molecule has 0 saturated heterocycles. The van der Waals surface area contributed by atoms with Gasteiger partial charge in [0.1, 0.15) is 0 Å². The molecule has 2 unspecified atom stereocenters. The van der Waals surface area contributed by atoms with Crippen LogP contribution in [0.15, 0.2) is 40.7 Å². The summed E-state index contributed by atoms with van der Waals surface area (Å²) >= 11 is 6.62. The van der Waals surface area contributed by atoms with Crippen LogP contribution >= 0.6 is 22.9 Å². The third kappa shape index (κ3) is 2.81. The molecular formula is C12H11ClN2O2S2. The first kappa shape index (κ1) is 13.1. The normalized spacial score (nSPS) is 22.4. The number of nitrogens with one attached hydrogen (secondary N) is 1. The summed E-state index contributed by atoms with van der Waals surface area (Å²) in [4.78, 5) is 3.75. The molecule has 2 aromatic rings. The Hall–Kier alpha value is -0.950. The molecule has 1 aromatic heterocycles. The van der Waals surface area contributed by atoms with Gasteiger partial charge in [0.05, 0.1) is 6.20 Å². The maximum Gasteiger partial charge on any atom is 0.251 e. The number of halogens is 1. The molecule has 0 aliphatic heterocycles. The van der Waals surface area contributed by atoms with Crippen LogP contribution in [0.1, 0.15) is 17.9 Å². The number of sulfonamides is 1. The SMILES string of the molecule is O=S(=O)(NC1CC1c1ccccc1)c1cnc(Cl)s1. The highest BCUT2D eigenvalue weighted by molar-refractivity contribution is 7.91. The van der Waals surface area contributed by atoms with E-state index in [0.29, 0.717) is 0 Å². The summed E-state index contributed by atoms with van der Waals surface area (Å²) in [6, 6.07) is 9.87. The molecule has 1 N–H and O–H groups in total. The molecular weight excluding hydrogens is 304 g/mol. The zero-order valence-electron chi connectivity index (χ0n) is 9.78. The molecule has 1 aromatic carbocycles. The van der Waals surface area contributed by atoms with E-state index in [1.54, 1.807) is 0 Å². The Kier molecular flexibility index (Phi) is 3.34. The second-order valence-electron chi connectivity index (χ2n) is 4.41. The van der Waals surface area contributed by atoms with Crippen LogP contribution in [0.2, 0.25) is 4.47 Å². The van der Waals surface area contributed by atoms with Crippen molar-refractivity contribution < 1.29 is 8.42 Å². The van der Waals surface area contributed by atoms with Crippen LogP contribution in [0.4, 0.5) is 0 Å². The van der Waals surface area contributed by atoms with E-state index in [1.807, 2.05) is 30.3 Å². The van der Waals surface area contributed by atoms with Gasteiger partial charge in [-0.1, -0.05) is 53.3 Å². The average molecular weight is 315 g/mol. The fourth-order valence-electron chi connectivity index (χ4n) is 2.01. The van der Waals surface area contributed by atoms with E-state index in [-0.39, 0.29) is 20.6 Å². The topological polar surface area (TPSA) is 59.1 Å². The van der Waals surface area contributed by atoms with Gasteiger partial charge < -0.3 is 0 Å². The van der Waals surface area contributed by atoms with Crippen LogP contribution in [-0.2, 0) is 10.0 Å². The van der Waals surface area contributed by atoms with Crippen molar-refractivity contribution in [2.45, 2.75) is 22.6 Å². The Morgan fingerprint density at radius 3 is 2.68 bits per heavy atom. The van der Waals surface area contributed by atoms with Crippen LogP contribution in [0.25, 0.3) is 0 Å². The van der Waals surface area contributed by atoms with Crippen LogP contribution < -0.4 is 4.72 Å². The Balaban J connectivity index is 1.71. The van der Waals surface area contributed by atoms with Crippen molar-refractivity contribution in [1.29, 1.82) is 0 Å². The average Bonchev–Trinajstić information content (AvgIpc) is 2.99. The molecule has 1 aliphatic rings. The largest absolute Gasteiger partial charge is 0.251 e. The Morgan fingerprint density at radius 1 is 1.32 bits per heavy atom. The number of nitrogens with zero attached hydrogens (tertiary/aromatic N) is 1. The van der Waals surface area contributed by atoms with E-state index in [0.717, 1.165) is 23.3 Å². The predicted octanol–water partition coefficient (Wildman–Crippen LogP) is 2.63. The van der Waals surface area contributed by atoms with Gasteiger partial charge in [0.25, 0.3) is 10.0 Å². The molecule has 0 bridgehead atoms. The standard InChI is InChI=1S/C12H11ClN2O2S2/c13-12-14-7-11(18-12)19(16,17)15-10-6-9(10)8-4-2-1-3-5-8/h1-5,7,9-10,15H,6H2. The third-order valence-electron chi connectivity index (χ3n) is 3.05. The minimum Gasteiger partial charge on any atom is -0.232 e. The highest BCUT2D eigenvalue weighted by Crippen LogP contribution is 2.41. The van der Waals surface area contributed by atoms with Gasteiger partial charge in [-0.05, 0) is 12.0 Å². The molecule has 4 nitrogen and oxygen atoms in total. The van der Waals surface area contributed by atoms with Crippen molar-refractivity contribution in [3.63, 3.8) is 0 Å². The van der Waals surface area contributed by atoms with Gasteiger partial charge in [-0.15, -0.1) is 0 Å². The Bertz CT molecular complexity index is 685. The van der Waals surface area contributed by atoms with E-state index >= 15 is 0 Å². The van der Waals surface area contributed by atoms with E-state index in [4.69, 9.17) is 11.6 Å². The molecule has 0 radical (unpaired) electrons. The second kappa shape index (κ2) is 4.86. The number of benzene rings is 1. The minimum atomic E-state index is -3.50. The van der Waals surface area contributed by atoms with E-state index < -0.39 is 10.0 Å². The van der Waals surface area contributed by atoms with Crippen LogP contribution in [0, 0.1) is 0 Å². The molecule has 1 aliphatic carbocycles. The fourth-order valence-corrected chi connectivity index (χ4v) is 4.61. The summed E-state index contributed by atoms with van der Waals surface area (Å²) in [6.07, 6.45) is 2.12. The zero-order valence-corrected chi connectivity index (χ0v) is 12.2. The summed E-state index contributed by atoms with van der Waals surface area (Å²) in [6.45, 7) is 0. The number of thiazole rings is 1. The van der Waals surface area contributed by atoms with Gasteiger partial charge >= 0.3 is 0 Å². The zero-order chi connectivity index (χ0) is 13.5. The van der Waals surface area contributed by atoms with Gasteiger partial charge in [0.2, 0.25) is 0 Å². The molecule has 1 fully saturated rings. The first-order valence-corrected chi connectivity index (χ1v) is 8.42. The summed E-state index contributed by atoms with van der Waals surface area (Å²) < 4.78 is 27.2. The molecule has 0 amide bonds. The second-order valence-corrected chi connectivity index (χ2v) is 7.97. The maximum absolute atomic E-state index is 12.1. The lowest BCUT2D eigenvalue weighted by Crippen LogP contribution is -2.26. The summed E-state index contributed by atoms with van der Waals surface area (Å²) in [5.41, 5.74) is 1.16. The smallest absolute Gasteiger partial charge is 0.232 e. The number of hydrogen-bond donors (Lipinski definition) is 1. The van der Waals surface area contributed by atoms with E-state index in [9.17, 15) is 8.42 Å². The van der Waals surface area contributed by atoms with Gasteiger partial charge in [-0.3, -0.25) is 0 Å². The number of rotatable bonds is 4. The highest BCUT2D eigenvalue weighted by atomic mass is 35.5. The monoisotopic (exact) mass is 314 g/mol. The van der Waals surface area contributed by atoms with Crippen molar-refractivity contribution in [2.75, 3.05) is 0 Å². The molecule has 2 atom stereocenters. The summed E-state index contributed by atoms with van der Waals surface area (Å²) in [5.74, 6) is 0.263. The lowest BCUT2D eigenvalue weighted by atomic mass is 10.1. The molecule has 7 heteroatoms. The lowest BCUT2D eigenvalue weighted by molar-refractivity contribution is 0.582. The molecule has 19 heavy (non-hydrogen) atoms. The van der Waals surface area contributed by atoms with Gasteiger partial charge in [0, 0.05) is 12.0 Å². The lowest BCUT2D eigenvalue weighted by Gasteiger charge is -2.03. The highest BCUT2D eigenvalue weighted by Gasteiger charge is 2.41. The molecule has 100 valence electrons. The quantitative estimate of drug-likeness (QED) is 0.943. The molecule has 1 saturated carbocycles. The van der Waals surface area contributed by atoms with Crippen molar-refractivity contribution >= 4 is 33.0 Å². The predicted molar refractivity (Wildman–Crippen MR) is 75.0 cm³/mol. The Morgan fingerprint density at radius 2 is 2.05 bits per heavy atom. The van der Waals surface area contributed by atoms with Crippen molar-refractivity contribution in [1.82, 2.24) is 9.71 Å². The Labute approximate surface area is 120 Å². The molecule has 0 spiro atoms. The number of aromatic nitrogens is 1. The van der Waals surface area contributed by atoms with Crippen molar-refractivity contribution in [3.8, 4) is 0 Å². The fraction of sp³-hybridized carbons (Fsp3) is 0.250. The van der Waals surface area contributed by atoms with Gasteiger partial charge in [-0.2, -0.15) is 0 Å². The van der Waals surface area contributed by atoms with Crippen molar-refractivity contribution in [3.05, 3.63) is 46.6 Å². The van der Waals surface area contributed by atoms with Gasteiger partial charge in [0.15, 0.2) is 8.68 Å². The molecule has 3 rings (SSSR count). The van der Waals surface area contributed by atoms with Crippen LogP contribution in [-0.4, -0.2) is 19.4 Å². The van der Waals surface area contributed by atoms with Crippen LogP contribution in [0.5, 0.6) is 0 Å². The van der Waals surface area contributed by atoms with E-state index in [2.05, 4.69) is 9.71 Å². The first-order valence-electron chi connectivity index (χ1n) is 5.75. The number of hydrogen-bond acceptors (Lipinski definition) is 4. The summed E-state index contributed by atoms with van der Waals surface area (Å²) in [5, 5.41) is 0. The first-order chi connectivity index (χ1) is 9.06. The third-order valence-corrected chi connectivity index (χ3v) is 6.11. The maximum atomic E-state index is 12.1. The summed E-state index contributed by atoms with van der Waals surface area (Å²) in [7, 11) is -3.50. The minimum absolute atomic E-state index is 0.0340.